The minimum absolute atomic E-state index is 0.0582. The van der Waals surface area contributed by atoms with Crippen molar-refractivity contribution in [2.24, 2.45) is 0 Å². The van der Waals surface area contributed by atoms with Gasteiger partial charge in [-0.3, -0.25) is 14.2 Å². The maximum Gasteiger partial charge on any atom is 0.422 e. The number of hydrogen-bond acceptors (Lipinski definition) is 7. The van der Waals surface area contributed by atoms with Crippen LogP contribution in [0.1, 0.15) is 88.2 Å². The molecule has 0 bridgehead atoms. The SMILES string of the molecule is C=C(S/C(=C(\CCC)C(C)O)C(F)(F)F)c1cc2nc(C)n(Cc3ccc(Cl)cc3)c(=O)c2cc1C(C)C.CN1CCCCC1COC=O. The lowest BCUT2D eigenvalue weighted by atomic mass is 9.95. The van der Waals surface area contributed by atoms with Crippen molar-refractivity contribution in [1.82, 2.24) is 14.5 Å². The molecule has 1 N–H and O–H groups in total. The fourth-order valence-electron chi connectivity index (χ4n) is 5.84. The summed E-state index contributed by atoms with van der Waals surface area (Å²) in [6, 6.07) is 11.0. The van der Waals surface area contributed by atoms with E-state index in [1.165, 1.54) is 19.8 Å². The molecule has 1 aliphatic rings. The smallest absolute Gasteiger partial charge is 0.422 e. The van der Waals surface area contributed by atoms with E-state index in [1.807, 2.05) is 26.0 Å². The number of thioether (sulfide) groups is 1. The van der Waals surface area contributed by atoms with E-state index >= 15 is 0 Å². The quantitative estimate of drug-likeness (QED) is 0.187. The van der Waals surface area contributed by atoms with Gasteiger partial charge in [0.1, 0.15) is 12.4 Å². The first-order chi connectivity index (χ1) is 23.1. The zero-order chi connectivity index (χ0) is 36.5. The van der Waals surface area contributed by atoms with Crippen LogP contribution in [0.2, 0.25) is 5.02 Å². The number of carbonyl (C=O) groups excluding carboxylic acids is 1. The van der Waals surface area contributed by atoms with Crippen molar-refractivity contribution < 1.29 is 27.8 Å². The molecule has 1 saturated heterocycles. The van der Waals surface area contributed by atoms with Crippen molar-refractivity contribution in [2.45, 2.75) is 97.5 Å². The summed E-state index contributed by atoms with van der Waals surface area (Å²) in [6.45, 7) is 15.2. The lowest BCUT2D eigenvalue weighted by Gasteiger charge is -2.31. The van der Waals surface area contributed by atoms with Gasteiger partial charge in [0.05, 0.1) is 28.5 Å². The number of fused-ring (bicyclic) bond motifs is 1. The molecule has 0 radical (unpaired) electrons. The third-order valence-corrected chi connectivity index (χ3v) is 9.98. The summed E-state index contributed by atoms with van der Waals surface area (Å²) in [5.41, 5.74) is 2.19. The van der Waals surface area contributed by atoms with Gasteiger partial charge in [-0.1, -0.05) is 75.7 Å². The molecule has 2 atom stereocenters. The van der Waals surface area contributed by atoms with Gasteiger partial charge in [-0.05, 0) is 99.1 Å². The van der Waals surface area contributed by atoms with Crippen molar-refractivity contribution >= 4 is 45.6 Å². The number of aliphatic hydroxyl groups excluding tert-OH is 1. The second-order valence-corrected chi connectivity index (χ2v) is 14.2. The van der Waals surface area contributed by atoms with E-state index in [0.717, 1.165) is 18.5 Å². The van der Waals surface area contributed by atoms with Crippen LogP contribution < -0.4 is 5.56 Å². The minimum atomic E-state index is -4.64. The number of alkyl halides is 3. The van der Waals surface area contributed by atoms with E-state index < -0.39 is 17.2 Å². The molecule has 3 aromatic rings. The average Bonchev–Trinajstić information content (AvgIpc) is 3.04. The number of benzene rings is 2. The topological polar surface area (TPSA) is 84.7 Å². The van der Waals surface area contributed by atoms with Gasteiger partial charge >= 0.3 is 6.18 Å². The number of likely N-dealkylation sites (tertiary alicyclic amines) is 1. The second-order valence-electron chi connectivity index (χ2n) is 12.7. The summed E-state index contributed by atoms with van der Waals surface area (Å²) in [5.74, 6) is 0.386. The maximum atomic E-state index is 14.1. The molecule has 49 heavy (non-hydrogen) atoms. The molecule has 0 spiro atoms. The molecule has 0 amide bonds. The number of likely N-dealkylation sites (N-methyl/N-ethyl adjacent to an activating group) is 1. The van der Waals surface area contributed by atoms with Crippen LogP contribution in [0.25, 0.3) is 15.8 Å². The van der Waals surface area contributed by atoms with Gasteiger partial charge in [0.15, 0.2) is 0 Å². The number of aromatic nitrogens is 2. The molecule has 2 heterocycles. The largest absolute Gasteiger partial charge is 0.466 e. The summed E-state index contributed by atoms with van der Waals surface area (Å²) in [5, 5.41) is 11.1. The van der Waals surface area contributed by atoms with Crippen molar-refractivity contribution in [3.8, 4) is 0 Å². The average molecular weight is 722 g/mol. The van der Waals surface area contributed by atoms with Gasteiger partial charge in [0.25, 0.3) is 12.0 Å². The molecule has 268 valence electrons. The third-order valence-electron chi connectivity index (χ3n) is 8.57. The molecule has 1 fully saturated rings. The zero-order valence-corrected chi connectivity index (χ0v) is 30.6. The number of rotatable bonds is 12. The van der Waals surface area contributed by atoms with Crippen LogP contribution in [-0.2, 0) is 16.1 Å². The fraction of sp³-hybridized carbons (Fsp3) is 0.486. The van der Waals surface area contributed by atoms with Crippen molar-refractivity contribution in [1.29, 1.82) is 0 Å². The van der Waals surface area contributed by atoms with Crippen LogP contribution >= 0.6 is 23.4 Å². The van der Waals surface area contributed by atoms with Crippen molar-refractivity contribution in [3.05, 3.63) is 91.3 Å². The number of hydrogen-bond donors (Lipinski definition) is 1. The van der Waals surface area contributed by atoms with E-state index in [-0.39, 0.29) is 28.4 Å². The van der Waals surface area contributed by atoms with Gasteiger partial charge < -0.3 is 14.7 Å². The van der Waals surface area contributed by atoms with Gasteiger partial charge in [0.2, 0.25) is 0 Å². The summed E-state index contributed by atoms with van der Waals surface area (Å²) in [7, 11) is 2.08. The number of allylic oxidation sites excluding steroid dienone is 1. The molecule has 0 saturated carbocycles. The van der Waals surface area contributed by atoms with Crippen LogP contribution in [0, 0.1) is 6.92 Å². The number of piperidine rings is 1. The molecule has 1 aromatic heterocycles. The molecule has 2 unspecified atom stereocenters. The first-order valence-corrected chi connectivity index (χ1v) is 17.7. The Morgan fingerprint density at radius 1 is 1.20 bits per heavy atom. The number of carbonyl (C=O) groups is 1. The highest BCUT2D eigenvalue weighted by Crippen LogP contribution is 2.46. The van der Waals surface area contributed by atoms with Gasteiger partial charge in [-0.25, -0.2) is 4.98 Å². The number of ether oxygens (including phenoxy) is 1. The van der Waals surface area contributed by atoms with Gasteiger partial charge in [-0.15, -0.1) is 0 Å². The Labute approximate surface area is 296 Å². The predicted octanol–water partition coefficient (Wildman–Crippen LogP) is 8.87. The fourth-order valence-corrected chi connectivity index (χ4v) is 7.02. The predicted molar refractivity (Wildman–Crippen MR) is 194 cm³/mol. The zero-order valence-electron chi connectivity index (χ0n) is 29.1. The highest BCUT2D eigenvalue weighted by atomic mass is 35.5. The maximum absolute atomic E-state index is 14.1. The molecular weight excluding hydrogens is 675 g/mol. The molecular formula is C37H47ClF3N3O4S. The van der Waals surface area contributed by atoms with Crippen LogP contribution in [0.4, 0.5) is 13.2 Å². The van der Waals surface area contributed by atoms with Crippen molar-refractivity contribution in [3.63, 3.8) is 0 Å². The third kappa shape index (κ3) is 10.9. The molecule has 12 heteroatoms. The molecule has 0 aliphatic carbocycles. The molecule has 2 aromatic carbocycles. The van der Waals surface area contributed by atoms with Crippen molar-refractivity contribution in [2.75, 3.05) is 20.2 Å². The first kappa shape index (κ1) is 40.3. The number of halogens is 4. The standard InChI is InChI=1S/C29H32ClF3N2O2S.C8H15NO2/c1-7-8-22(17(4)36)27(29(31,32)33)38-18(5)24-14-26-25(13-23(24)16(2)3)28(37)35(19(6)34-26)15-20-9-11-21(30)12-10-20;1-9-5-3-2-4-8(9)6-11-7-10/h9-14,16-17,36H,5,7-8,15H2,1-4,6H3;7-8H,2-6H2,1H3/b27-22+;. The van der Waals surface area contributed by atoms with Crippen LogP contribution in [-0.4, -0.2) is 64.6 Å². The molecule has 4 rings (SSSR count). The Bertz CT molecular complexity index is 1690. The summed E-state index contributed by atoms with van der Waals surface area (Å²) in [4.78, 5) is 29.6. The normalized spacial score (nSPS) is 16.5. The molecule has 1 aliphatic heterocycles. The monoisotopic (exact) mass is 721 g/mol. The van der Waals surface area contributed by atoms with Gasteiger partial charge in [0, 0.05) is 16.0 Å². The highest BCUT2D eigenvalue weighted by molar-refractivity contribution is 8.11. The Balaban J connectivity index is 0.000000501. The summed E-state index contributed by atoms with van der Waals surface area (Å²) in [6.07, 6.45) is -1.61. The van der Waals surface area contributed by atoms with Crippen LogP contribution in [0.5, 0.6) is 0 Å². The van der Waals surface area contributed by atoms with E-state index in [1.54, 1.807) is 42.7 Å². The number of aliphatic hydroxyl groups is 1. The van der Waals surface area contributed by atoms with Crippen LogP contribution in [0.15, 0.2) is 58.2 Å². The Morgan fingerprint density at radius 3 is 2.43 bits per heavy atom. The number of aryl methyl sites for hydroxylation is 1. The Kier molecular flexibility index (Phi) is 15.0. The van der Waals surface area contributed by atoms with Gasteiger partial charge in [-0.2, -0.15) is 13.2 Å². The van der Waals surface area contributed by atoms with E-state index in [9.17, 15) is 27.9 Å². The van der Waals surface area contributed by atoms with E-state index in [4.69, 9.17) is 16.3 Å². The summed E-state index contributed by atoms with van der Waals surface area (Å²) >= 11 is 6.49. The number of nitrogens with zero attached hydrogens (tertiary/aromatic N) is 3. The van der Waals surface area contributed by atoms with E-state index in [2.05, 4.69) is 23.5 Å². The molecule has 7 nitrogen and oxygen atoms in total. The highest BCUT2D eigenvalue weighted by Gasteiger charge is 2.38. The summed E-state index contributed by atoms with van der Waals surface area (Å²) < 4.78 is 48.6. The van der Waals surface area contributed by atoms with E-state index in [0.29, 0.717) is 76.7 Å². The second kappa shape index (κ2) is 18.2. The Hall–Kier alpha value is -3.12. The first-order valence-electron chi connectivity index (χ1n) is 16.5. The Morgan fingerprint density at radius 2 is 1.88 bits per heavy atom. The van der Waals surface area contributed by atoms with Crippen LogP contribution in [0.3, 0.4) is 0 Å². The lowest BCUT2D eigenvalue weighted by molar-refractivity contribution is -0.130. The lowest BCUT2D eigenvalue weighted by Crippen LogP contribution is -2.39. The minimum Gasteiger partial charge on any atom is -0.466 e.